The molecule has 1 amide bonds. The van der Waals surface area contributed by atoms with Gasteiger partial charge in [0.1, 0.15) is 18.1 Å². The molecule has 0 aromatic heterocycles. The molecular weight excluding hydrogens is 380 g/mol. The van der Waals surface area contributed by atoms with Crippen LogP contribution in [0.3, 0.4) is 0 Å². The van der Waals surface area contributed by atoms with E-state index in [4.69, 9.17) is 17.0 Å². The van der Waals surface area contributed by atoms with Gasteiger partial charge in [-0.2, -0.15) is 0 Å². The van der Waals surface area contributed by atoms with Gasteiger partial charge in [-0.1, -0.05) is 66.7 Å². The maximum Gasteiger partial charge on any atom is 0.281 e. The molecule has 1 heterocycles. The number of hydrogen-bond acceptors (Lipinski definition) is 3. The molecule has 4 rings (SSSR count). The van der Waals surface area contributed by atoms with Gasteiger partial charge in [-0.15, -0.1) is 0 Å². The number of thiocarbonyl (C=S) groups is 1. The van der Waals surface area contributed by atoms with E-state index < -0.39 is 0 Å². The summed E-state index contributed by atoms with van der Waals surface area (Å²) in [5.74, 6) is 0.529. The largest absolute Gasteiger partial charge is 0.488 e. The molecule has 1 N–H and O–H groups in total. The fourth-order valence-electron chi connectivity index (χ4n) is 3.19. The number of aryl methyl sites for hydroxylation is 1. The minimum Gasteiger partial charge on any atom is -0.488 e. The highest BCUT2D eigenvalue weighted by molar-refractivity contribution is 7.80. The van der Waals surface area contributed by atoms with Gasteiger partial charge in [0, 0.05) is 5.56 Å². The molecule has 0 unspecified atom stereocenters. The Labute approximate surface area is 175 Å². The summed E-state index contributed by atoms with van der Waals surface area (Å²) in [6.45, 7) is 2.41. The van der Waals surface area contributed by atoms with E-state index in [1.54, 1.807) is 6.08 Å². The van der Waals surface area contributed by atoms with Gasteiger partial charge < -0.3 is 10.1 Å². The summed E-state index contributed by atoms with van der Waals surface area (Å²) in [6, 6.07) is 25.3. The maximum atomic E-state index is 13.0. The van der Waals surface area contributed by atoms with Crippen LogP contribution in [0.2, 0.25) is 0 Å². The second kappa shape index (κ2) is 8.29. The topological polar surface area (TPSA) is 41.6 Å². The highest BCUT2D eigenvalue weighted by Gasteiger charge is 2.32. The number of carbonyl (C=O) groups excluding carboxylic acids is 1. The van der Waals surface area contributed by atoms with Gasteiger partial charge in [-0.05, 0) is 48.5 Å². The van der Waals surface area contributed by atoms with E-state index in [9.17, 15) is 4.79 Å². The lowest BCUT2D eigenvalue weighted by Gasteiger charge is -2.16. The first-order chi connectivity index (χ1) is 14.1. The lowest BCUT2D eigenvalue weighted by atomic mass is 10.1. The first-order valence-corrected chi connectivity index (χ1v) is 9.73. The fraction of sp³-hybridized carbons (Fsp3) is 0.0833. The summed E-state index contributed by atoms with van der Waals surface area (Å²) in [6.07, 6.45) is 1.78. The first kappa shape index (κ1) is 18.9. The van der Waals surface area contributed by atoms with Gasteiger partial charge in [-0.3, -0.25) is 9.69 Å². The fourth-order valence-corrected chi connectivity index (χ4v) is 3.48. The lowest BCUT2D eigenvalue weighted by molar-refractivity contribution is -0.113. The normalized spacial score (nSPS) is 14.9. The van der Waals surface area contributed by atoms with Gasteiger partial charge >= 0.3 is 0 Å². The number of carbonyl (C=O) groups is 1. The molecule has 1 saturated heterocycles. The molecule has 1 aliphatic heterocycles. The number of ether oxygens (including phenoxy) is 1. The molecule has 3 aromatic rings. The Morgan fingerprint density at radius 1 is 0.966 bits per heavy atom. The van der Waals surface area contributed by atoms with E-state index >= 15 is 0 Å². The van der Waals surface area contributed by atoms with Crippen LogP contribution in [0.1, 0.15) is 16.7 Å². The second-order valence-corrected chi connectivity index (χ2v) is 7.11. The van der Waals surface area contributed by atoms with Crippen LogP contribution in [-0.2, 0) is 11.4 Å². The minimum atomic E-state index is -0.179. The van der Waals surface area contributed by atoms with Gasteiger partial charge in [0.2, 0.25) is 0 Å². The van der Waals surface area contributed by atoms with Crippen LogP contribution in [0, 0.1) is 6.92 Å². The van der Waals surface area contributed by atoms with Crippen molar-refractivity contribution in [2.45, 2.75) is 13.5 Å². The molecule has 1 aliphatic rings. The summed E-state index contributed by atoms with van der Waals surface area (Å²) < 4.78 is 6.00. The minimum absolute atomic E-state index is 0.179. The molecule has 5 heteroatoms. The van der Waals surface area contributed by atoms with Crippen LogP contribution in [-0.4, -0.2) is 11.0 Å². The van der Waals surface area contributed by atoms with Gasteiger partial charge in [-0.25, -0.2) is 0 Å². The zero-order chi connectivity index (χ0) is 20.2. The van der Waals surface area contributed by atoms with Crippen molar-refractivity contribution < 1.29 is 9.53 Å². The third-order valence-corrected chi connectivity index (χ3v) is 4.98. The van der Waals surface area contributed by atoms with Crippen molar-refractivity contribution in [3.05, 3.63) is 101 Å². The van der Waals surface area contributed by atoms with Gasteiger partial charge in [0.25, 0.3) is 5.91 Å². The number of nitrogens with one attached hydrogen (secondary N) is 1. The lowest BCUT2D eigenvalue weighted by Crippen LogP contribution is -2.30. The Bertz CT molecular complexity index is 1090. The van der Waals surface area contributed by atoms with Crippen molar-refractivity contribution in [3.63, 3.8) is 0 Å². The van der Waals surface area contributed by atoms with Gasteiger partial charge in [0.15, 0.2) is 5.11 Å². The number of rotatable bonds is 5. The Morgan fingerprint density at radius 3 is 2.45 bits per heavy atom. The van der Waals surface area contributed by atoms with Crippen molar-refractivity contribution in [1.29, 1.82) is 0 Å². The first-order valence-electron chi connectivity index (χ1n) is 9.32. The Hall–Kier alpha value is -3.44. The van der Waals surface area contributed by atoms with Crippen molar-refractivity contribution in [2.24, 2.45) is 0 Å². The zero-order valence-corrected chi connectivity index (χ0v) is 16.8. The number of para-hydroxylation sites is 2. The highest BCUT2D eigenvalue weighted by atomic mass is 32.1. The molecule has 3 aromatic carbocycles. The average Bonchev–Trinajstić information content (AvgIpc) is 3.01. The average molecular weight is 401 g/mol. The molecular formula is C24H20N2O2S. The third kappa shape index (κ3) is 4.05. The molecule has 0 radical (unpaired) electrons. The van der Waals surface area contributed by atoms with Crippen molar-refractivity contribution >= 4 is 35.0 Å². The summed E-state index contributed by atoms with van der Waals surface area (Å²) in [5, 5.41) is 3.42. The molecule has 4 nitrogen and oxygen atoms in total. The quantitative estimate of drug-likeness (QED) is 0.492. The number of anilines is 1. The Morgan fingerprint density at radius 2 is 1.66 bits per heavy atom. The standard InChI is InChI=1S/C24H20N2O2S/c1-17-9-5-7-13-21(17)26-23(27)20(25-24(26)29)15-19-12-6-8-14-22(19)28-16-18-10-3-2-4-11-18/h2-15H,16H2,1H3,(H,25,29)/b20-15+. The second-order valence-electron chi connectivity index (χ2n) is 6.73. The third-order valence-electron chi connectivity index (χ3n) is 4.69. The molecule has 0 atom stereocenters. The Balaban J connectivity index is 1.59. The van der Waals surface area contributed by atoms with Crippen LogP contribution < -0.4 is 15.0 Å². The number of nitrogens with zero attached hydrogens (tertiary/aromatic N) is 1. The molecule has 0 aliphatic carbocycles. The summed E-state index contributed by atoms with van der Waals surface area (Å²) in [4.78, 5) is 14.6. The van der Waals surface area contributed by atoms with Crippen molar-refractivity contribution in [3.8, 4) is 5.75 Å². The molecule has 1 fully saturated rings. The smallest absolute Gasteiger partial charge is 0.281 e. The van der Waals surface area contributed by atoms with Gasteiger partial charge in [0.05, 0.1) is 5.69 Å². The predicted molar refractivity (Wildman–Crippen MR) is 120 cm³/mol. The van der Waals surface area contributed by atoms with Crippen molar-refractivity contribution in [1.82, 2.24) is 5.32 Å². The van der Waals surface area contributed by atoms with Crippen LogP contribution in [0.25, 0.3) is 6.08 Å². The summed E-state index contributed by atoms with van der Waals surface area (Å²) in [7, 11) is 0. The van der Waals surface area contributed by atoms with E-state index in [0.29, 0.717) is 23.2 Å². The monoisotopic (exact) mass is 400 g/mol. The van der Waals surface area contributed by atoms with E-state index in [-0.39, 0.29) is 5.91 Å². The number of hydrogen-bond donors (Lipinski definition) is 1. The number of benzene rings is 3. The summed E-state index contributed by atoms with van der Waals surface area (Å²) >= 11 is 5.42. The SMILES string of the molecule is Cc1ccccc1N1C(=O)/C(=C\c2ccccc2OCc2ccccc2)NC1=S. The van der Waals surface area contributed by atoms with Crippen molar-refractivity contribution in [2.75, 3.05) is 4.90 Å². The van der Waals surface area contributed by atoms with Crippen LogP contribution in [0.15, 0.2) is 84.6 Å². The van der Waals surface area contributed by atoms with Crippen LogP contribution in [0.4, 0.5) is 5.69 Å². The molecule has 29 heavy (non-hydrogen) atoms. The van der Waals surface area contributed by atoms with E-state index in [1.807, 2.05) is 85.8 Å². The number of amides is 1. The Kier molecular flexibility index (Phi) is 5.40. The van der Waals surface area contributed by atoms with E-state index in [1.165, 1.54) is 4.90 Å². The van der Waals surface area contributed by atoms with Crippen LogP contribution >= 0.6 is 12.2 Å². The molecule has 0 spiro atoms. The van der Waals surface area contributed by atoms with Crippen LogP contribution in [0.5, 0.6) is 5.75 Å². The zero-order valence-electron chi connectivity index (χ0n) is 16.0. The predicted octanol–water partition coefficient (Wildman–Crippen LogP) is 4.84. The molecule has 0 bridgehead atoms. The van der Waals surface area contributed by atoms with E-state index in [2.05, 4.69) is 5.32 Å². The summed E-state index contributed by atoms with van der Waals surface area (Å²) in [5.41, 5.74) is 4.09. The molecule has 0 saturated carbocycles. The van der Waals surface area contributed by atoms with E-state index in [0.717, 1.165) is 22.4 Å². The maximum absolute atomic E-state index is 13.0. The molecule has 144 valence electrons. The highest BCUT2D eigenvalue weighted by Crippen LogP contribution is 2.27.